The quantitative estimate of drug-likeness (QED) is 0.304. The number of carboxylic acids is 1. The third kappa shape index (κ3) is 5.41. The number of hydrogen-bond donors (Lipinski definition) is 4. The van der Waals surface area contributed by atoms with E-state index in [1.807, 2.05) is 0 Å². The molecule has 0 aliphatic carbocycles. The van der Waals surface area contributed by atoms with E-state index in [1.54, 1.807) is 12.1 Å². The first-order valence-corrected chi connectivity index (χ1v) is 9.57. The molecule has 0 aromatic heterocycles. The zero-order chi connectivity index (χ0) is 22.5. The highest BCUT2D eigenvalue weighted by atomic mass is 16.4. The third-order valence-corrected chi connectivity index (χ3v) is 4.74. The highest BCUT2D eigenvalue weighted by molar-refractivity contribution is 6.22. The second kappa shape index (κ2) is 9.49. The van der Waals surface area contributed by atoms with Gasteiger partial charge in [-0.3, -0.25) is 28.9 Å². The van der Waals surface area contributed by atoms with E-state index in [9.17, 15) is 24.0 Å². The molecule has 30 heavy (non-hydrogen) atoms. The van der Waals surface area contributed by atoms with Crippen LogP contribution in [0.2, 0.25) is 0 Å². The fourth-order valence-electron chi connectivity index (χ4n) is 3.01. The molecule has 162 valence electrons. The van der Waals surface area contributed by atoms with Crippen molar-refractivity contribution in [1.29, 1.82) is 0 Å². The maximum absolute atomic E-state index is 12.4. The first kappa shape index (κ1) is 23.0. The van der Waals surface area contributed by atoms with E-state index in [1.165, 1.54) is 26.0 Å². The van der Waals surface area contributed by atoms with Crippen molar-refractivity contribution in [2.75, 3.05) is 13.1 Å². The van der Waals surface area contributed by atoms with Crippen LogP contribution < -0.4 is 16.4 Å². The predicted molar refractivity (Wildman–Crippen MR) is 107 cm³/mol. The first-order valence-electron chi connectivity index (χ1n) is 9.57. The van der Waals surface area contributed by atoms with Crippen LogP contribution in [-0.2, 0) is 14.4 Å². The Kier molecular flexibility index (Phi) is 7.28. The Hall–Kier alpha value is -3.27. The average Bonchev–Trinajstić information content (AvgIpc) is 2.92. The molecule has 0 radical (unpaired) electrons. The van der Waals surface area contributed by atoms with E-state index in [-0.39, 0.29) is 11.1 Å². The van der Waals surface area contributed by atoms with Crippen molar-refractivity contribution in [3.8, 4) is 0 Å². The molecule has 1 heterocycles. The molecule has 1 aromatic carbocycles. The molecule has 1 aromatic rings. The van der Waals surface area contributed by atoms with Crippen molar-refractivity contribution in [3.63, 3.8) is 0 Å². The van der Waals surface area contributed by atoms with Gasteiger partial charge in [0.25, 0.3) is 11.8 Å². The van der Waals surface area contributed by atoms with Crippen molar-refractivity contribution in [3.05, 3.63) is 35.4 Å². The molecule has 0 fully saturated rings. The summed E-state index contributed by atoms with van der Waals surface area (Å²) in [6, 6.07) is 5.38. The number of carbonyl (C=O) groups excluding carboxylic acids is 4. The summed E-state index contributed by atoms with van der Waals surface area (Å²) in [7, 11) is 0. The Labute approximate surface area is 173 Å². The molecule has 2 rings (SSSR count). The summed E-state index contributed by atoms with van der Waals surface area (Å²) in [6.45, 7) is 2.81. The van der Waals surface area contributed by atoms with Crippen LogP contribution in [0.25, 0.3) is 0 Å². The molecule has 10 nitrogen and oxygen atoms in total. The van der Waals surface area contributed by atoms with Crippen LogP contribution in [0.3, 0.4) is 0 Å². The number of unbranched alkanes of at least 4 members (excludes halogenated alkanes) is 1. The van der Waals surface area contributed by atoms with E-state index < -0.39 is 47.7 Å². The Morgan fingerprint density at radius 2 is 1.67 bits per heavy atom. The normalized spacial score (nSPS) is 14.3. The van der Waals surface area contributed by atoms with Gasteiger partial charge >= 0.3 is 5.97 Å². The first-order chi connectivity index (χ1) is 14.0. The number of carbonyl (C=O) groups is 5. The third-order valence-electron chi connectivity index (χ3n) is 4.74. The zero-order valence-corrected chi connectivity index (χ0v) is 16.9. The maximum atomic E-state index is 12.4. The van der Waals surface area contributed by atoms with Gasteiger partial charge in [-0.25, -0.2) is 0 Å². The molecule has 0 saturated carbocycles. The molecule has 1 atom stereocenters. The molecule has 0 saturated heterocycles. The summed E-state index contributed by atoms with van der Waals surface area (Å²) in [6.07, 6.45) is 1.36. The number of nitrogens with two attached hydrogens (primary N) is 1. The van der Waals surface area contributed by atoms with Gasteiger partial charge in [-0.1, -0.05) is 12.1 Å². The molecule has 10 heteroatoms. The number of hydrogen-bond acceptors (Lipinski definition) is 6. The van der Waals surface area contributed by atoms with Gasteiger partial charge in [-0.2, -0.15) is 0 Å². The minimum absolute atomic E-state index is 0.245. The summed E-state index contributed by atoms with van der Waals surface area (Å²) >= 11 is 0. The van der Waals surface area contributed by atoms with Gasteiger partial charge in [-0.05, 0) is 45.2 Å². The molecular formula is C20H26N4O6. The number of rotatable bonds is 10. The highest BCUT2D eigenvalue weighted by Gasteiger charge is 2.37. The van der Waals surface area contributed by atoms with Crippen LogP contribution in [-0.4, -0.2) is 64.3 Å². The van der Waals surface area contributed by atoms with Crippen molar-refractivity contribution in [2.45, 2.75) is 44.7 Å². The van der Waals surface area contributed by atoms with Gasteiger partial charge in [0.15, 0.2) is 0 Å². The largest absolute Gasteiger partial charge is 0.480 e. The number of carboxylic acid groups (broad SMARTS) is 1. The number of nitrogens with zero attached hydrogens (tertiary/aromatic N) is 1. The van der Waals surface area contributed by atoms with Crippen molar-refractivity contribution in [2.24, 2.45) is 5.73 Å². The minimum Gasteiger partial charge on any atom is -0.480 e. The van der Waals surface area contributed by atoms with Gasteiger partial charge in [0, 0.05) is 6.54 Å². The van der Waals surface area contributed by atoms with Gasteiger partial charge in [0.05, 0.1) is 11.1 Å². The smallest absolute Gasteiger partial charge is 0.320 e. The van der Waals surface area contributed by atoms with Gasteiger partial charge in [0.1, 0.15) is 18.1 Å². The lowest BCUT2D eigenvalue weighted by Crippen LogP contribution is -2.57. The summed E-state index contributed by atoms with van der Waals surface area (Å²) in [4.78, 5) is 60.9. The average molecular weight is 418 g/mol. The molecule has 0 spiro atoms. The maximum Gasteiger partial charge on any atom is 0.320 e. The fraction of sp³-hybridized carbons (Fsp3) is 0.450. The van der Waals surface area contributed by atoms with E-state index >= 15 is 0 Å². The monoisotopic (exact) mass is 418 g/mol. The lowest BCUT2D eigenvalue weighted by atomic mass is 10.0. The van der Waals surface area contributed by atoms with Crippen LogP contribution >= 0.6 is 0 Å². The molecule has 1 aliphatic heterocycles. The molecule has 5 N–H and O–H groups in total. The fourth-order valence-corrected chi connectivity index (χ4v) is 3.01. The second-order valence-electron chi connectivity index (χ2n) is 7.61. The van der Waals surface area contributed by atoms with Crippen LogP contribution in [0, 0.1) is 0 Å². The van der Waals surface area contributed by atoms with Crippen molar-refractivity contribution < 1.29 is 29.1 Å². The highest BCUT2D eigenvalue weighted by Crippen LogP contribution is 2.22. The van der Waals surface area contributed by atoms with Crippen LogP contribution in [0.4, 0.5) is 0 Å². The molecular weight excluding hydrogens is 392 g/mol. The molecule has 0 bridgehead atoms. The number of fused-ring (bicyclic) bond motifs is 1. The van der Waals surface area contributed by atoms with E-state index in [0.29, 0.717) is 25.8 Å². The molecule has 1 aliphatic rings. The van der Waals surface area contributed by atoms with E-state index in [4.69, 9.17) is 10.8 Å². The molecule has 4 amide bonds. The second-order valence-corrected chi connectivity index (χ2v) is 7.61. The van der Waals surface area contributed by atoms with Crippen LogP contribution in [0.5, 0.6) is 0 Å². The zero-order valence-electron chi connectivity index (χ0n) is 16.9. The topological polar surface area (TPSA) is 159 Å². The Morgan fingerprint density at radius 3 is 2.20 bits per heavy atom. The van der Waals surface area contributed by atoms with Gasteiger partial charge in [-0.15, -0.1) is 0 Å². The van der Waals surface area contributed by atoms with Crippen LogP contribution in [0.1, 0.15) is 53.8 Å². The standard InChI is InChI=1S/C20H26N4O6/c1-20(2,19(30)22-10-6-5-9-14(21)18(28)29)23-15(25)11-24-16(26)12-7-3-4-8-13(12)17(24)27/h3-4,7-8,14H,5-6,9-11,21H2,1-2H3,(H,22,30)(H,23,25)(H,28,29)/t14-/m1/s1. The van der Waals surface area contributed by atoms with E-state index in [2.05, 4.69) is 10.6 Å². The van der Waals surface area contributed by atoms with Gasteiger partial charge in [0.2, 0.25) is 11.8 Å². The summed E-state index contributed by atoms with van der Waals surface area (Å²) in [5, 5.41) is 13.9. The van der Waals surface area contributed by atoms with E-state index in [0.717, 1.165) is 4.90 Å². The Balaban J connectivity index is 1.81. The SMILES string of the molecule is CC(C)(NC(=O)CN1C(=O)c2ccccc2C1=O)C(=O)NCCCC[C@@H](N)C(=O)O. The van der Waals surface area contributed by atoms with Crippen molar-refractivity contribution in [1.82, 2.24) is 15.5 Å². The van der Waals surface area contributed by atoms with Gasteiger partial charge < -0.3 is 21.5 Å². The lowest BCUT2D eigenvalue weighted by molar-refractivity contribution is -0.138. The summed E-state index contributed by atoms with van der Waals surface area (Å²) < 4.78 is 0. The Bertz CT molecular complexity index is 832. The number of amides is 4. The predicted octanol–water partition coefficient (Wildman–Crippen LogP) is -0.124. The van der Waals surface area contributed by atoms with Crippen molar-refractivity contribution >= 4 is 29.6 Å². The lowest BCUT2D eigenvalue weighted by Gasteiger charge is -2.26. The number of aliphatic carboxylic acids is 1. The molecule has 0 unspecified atom stereocenters. The minimum atomic E-state index is -1.27. The van der Waals surface area contributed by atoms with Crippen LogP contribution in [0.15, 0.2) is 24.3 Å². The number of benzene rings is 1. The summed E-state index contributed by atoms with van der Waals surface area (Å²) in [5.74, 6) is -3.25. The number of imide groups is 1. The Morgan fingerprint density at radius 1 is 1.10 bits per heavy atom. The summed E-state index contributed by atoms with van der Waals surface area (Å²) in [5.41, 5.74) is 4.63. The number of nitrogens with one attached hydrogen (secondary N) is 2.